The van der Waals surface area contributed by atoms with Crippen LogP contribution < -0.4 is 10.1 Å². The van der Waals surface area contributed by atoms with Crippen LogP contribution in [0.1, 0.15) is 16.0 Å². The van der Waals surface area contributed by atoms with E-state index in [1.165, 1.54) is 28.2 Å². The molecule has 0 fully saturated rings. The molecule has 0 aliphatic rings. The molecule has 4 rings (SSSR count). The summed E-state index contributed by atoms with van der Waals surface area (Å²) in [5.74, 6) is 0. The van der Waals surface area contributed by atoms with Crippen molar-refractivity contribution in [3.8, 4) is 0 Å². The topological polar surface area (TPSA) is 34.4 Å². The van der Waals surface area contributed by atoms with E-state index in [2.05, 4.69) is 11.9 Å². The van der Waals surface area contributed by atoms with Crippen LogP contribution in [0.25, 0.3) is 22.1 Å². The van der Waals surface area contributed by atoms with Crippen molar-refractivity contribution in [2.75, 3.05) is 0 Å². The number of imidazole rings is 1. The first kappa shape index (κ1) is 13.9. The van der Waals surface area contributed by atoms with Crippen molar-refractivity contribution in [3.63, 3.8) is 0 Å². The van der Waals surface area contributed by atoms with Crippen LogP contribution >= 0.6 is 34.3 Å². The largest absolute Gasteiger partial charge is 0.274 e. The summed E-state index contributed by atoms with van der Waals surface area (Å²) in [6.07, 6.45) is 1.88. The summed E-state index contributed by atoms with van der Waals surface area (Å²) in [6, 6.07) is 7.82. The van der Waals surface area contributed by atoms with Gasteiger partial charge >= 0.3 is 0 Å². The monoisotopic (exact) mass is 346 g/mol. The highest BCUT2D eigenvalue weighted by atomic mass is 35.5. The second-order valence-electron chi connectivity index (χ2n) is 5.21. The van der Waals surface area contributed by atoms with E-state index in [0.717, 1.165) is 30.8 Å². The Hall–Kier alpha value is -1.69. The van der Waals surface area contributed by atoms with E-state index in [-0.39, 0.29) is 5.56 Å². The quantitative estimate of drug-likeness (QED) is 0.525. The predicted molar refractivity (Wildman–Crippen MR) is 94.4 cm³/mol. The number of aromatic nitrogens is 2. The summed E-state index contributed by atoms with van der Waals surface area (Å²) in [6.45, 7) is 4.10. The first-order valence-electron chi connectivity index (χ1n) is 6.72. The molecule has 1 aromatic carbocycles. The van der Waals surface area contributed by atoms with Gasteiger partial charge in [0.2, 0.25) is 0 Å². The van der Waals surface area contributed by atoms with Gasteiger partial charge in [0, 0.05) is 4.88 Å². The minimum Gasteiger partial charge on any atom is -0.267 e. The molecule has 0 aliphatic carbocycles. The van der Waals surface area contributed by atoms with E-state index in [9.17, 15) is 4.79 Å². The van der Waals surface area contributed by atoms with Crippen molar-refractivity contribution < 1.29 is 0 Å². The van der Waals surface area contributed by atoms with Gasteiger partial charge in [0.1, 0.15) is 0 Å². The summed E-state index contributed by atoms with van der Waals surface area (Å²) in [5, 5.41) is 0. The molecule has 3 aromatic heterocycles. The third-order valence-corrected chi connectivity index (χ3v) is 5.87. The molecule has 0 unspecified atom stereocenters. The van der Waals surface area contributed by atoms with Crippen LogP contribution in [0.4, 0.5) is 0 Å². The molecule has 22 heavy (non-hydrogen) atoms. The molecule has 0 N–H and O–H groups in total. The summed E-state index contributed by atoms with van der Waals surface area (Å²) < 4.78 is 3.10. The molecule has 3 nitrogen and oxygen atoms in total. The van der Waals surface area contributed by atoms with Crippen LogP contribution in [0.2, 0.25) is 4.34 Å². The lowest BCUT2D eigenvalue weighted by molar-refractivity contribution is 1.18. The van der Waals surface area contributed by atoms with Gasteiger partial charge in [-0.05, 0) is 55.3 Å². The zero-order valence-electron chi connectivity index (χ0n) is 11.9. The van der Waals surface area contributed by atoms with Crippen molar-refractivity contribution >= 4 is 56.3 Å². The number of hydrogen-bond acceptors (Lipinski definition) is 4. The van der Waals surface area contributed by atoms with Crippen molar-refractivity contribution in [1.82, 2.24) is 9.38 Å². The van der Waals surface area contributed by atoms with Gasteiger partial charge in [0.05, 0.1) is 19.9 Å². The summed E-state index contributed by atoms with van der Waals surface area (Å²) in [7, 11) is 0. The van der Waals surface area contributed by atoms with Crippen LogP contribution in [0.5, 0.6) is 0 Å². The number of thiophene rings is 1. The molecule has 3 heterocycles. The summed E-state index contributed by atoms with van der Waals surface area (Å²) in [4.78, 5) is 19.0. The summed E-state index contributed by atoms with van der Waals surface area (Å²) in [5.41, 5.74) is 4.08. The SMILES string of the molecule is Cc1cc2nc3s/c(=C\c4ccc(Cl)s4)c(=O)n3c2cc1C. The molecule has 0 bridgehead atoms. The molecule has 110 valence electrons. The number of benzene rings is 1. The fraction of sp³-hybridized carbons (Fsp3) is 0.125. The smallest absolute Gasteiger partial charge is 0.267 e. The Bertz CT molecular complexity index is 1140. The van der Waals surface area contributed by atoms with Gasteiger partial charge in [-0.15, -0.1) is 11.3 Å². The van der Waals surface area contributed by atoms with Gasteiger partial charge in [-0.1, -0.05) is 22.9 Å². The second kappa shape index (κ2) is 4.91. The molecular weight excluding hydrogens is 336 g/mol. The molecule has 0 amide bonds. The molecule has 0 aliphatic heterocycles. The van der Waals surface area contributed by atoms with E-state index >= 15 is 0 Å². The molecule has 0 atom stereocenters. The number of thiazole rings is 1. The molecule has 6 heteroatoms. The Labute approximate surface area is 139 Å². The maximum atomic E-state index is 12.7. The fourth-order valence-corrected chi connectivity index (χ4v) is 4.51. The Balaban J connectivity index is 2.04. The molecule has 4 aromatic rings. The maximum Gasteiger partial charge on any atom is 0.274 e. The van der Waals surface area contributed by atoms with Crippen LogP contribution in [-0.4, -0.2) is 9.38 Å². The number of fused-ring (bicyclic) bond motifs is 3. The lowest BCUT2D eigenvalue weighted by atomic mass is 10.1. The van der Waals surface area contributed by atoms with E-state index in [4.69, 9.17) is 11.6 Å². The van der Waals surface area contributed by atoms with E-state index < -0.39 is 0 Å². The van der Waals surface area contributed by atoms with Gasteiger partial charge in [-0.3, -0.25) is 4.79 Å². The fourth-order valence-electron chi connectivity index (χ4n) is 2.45. The second-order valence-corrected chi connectivity index (χ2v) is 7.97. The van der Waals surface area contributed by atoms with Gasteiger partial charge in [0.15, 0.2) is 4.96 Å². The summed E-state index contributed by atoms with van der Waals surface area (Å²) >= 11 is 8.81. The molecular formula is C16H11ClN2OS2. The van der Waals surface area contributed by atoms with E-state index in [1.807, 2.05) is 37.3 Å². The maximum absolute atomic E-state index is 12.7. The molecule has 0 spiro atoms. The van der Waals surface area contributed by atoms with Crippen LogP contribution in [-0.2, 0) is 0 Å². The standard InChI is InChI=1S/C16H11ClN2OS2/c1-8-5-11-12(6-9(8)2)19-15(20)13(22-16(19)18-11)7-10-3-4-14(17)21-10/h3-7H,1-2H3/b13-7-. The number of rotatable bonds is 1. The Morgan fingerprint density at radius 1 is 1.18 bits per heavy atom. The Morgan fingerprint density at radius 2 is 1.95 bits per heavy atom. The Morgan fingerprint density at radius 3 is 2.68 bits per heavy atom. The highest BCUT2D eigenvalue weighted by Gasteiger charge is 2.12. The first-order chi connectivity index (χ1) is 10.5. The van der Waals surface area contributed by atoms with Gasteiger partial charge in [-0.2, -0.15) is 0 Å². The average Bonchev–Trinajstić information content (AvgIpc) is 3.09. The first-order valence-corrected chi connectivity index (χ1v) is 8.73. The highest BCUT2D eigenvalue weighted by molar-refractivity contribution is 7.17. The van der Waals surface area contributed by atoms with Crippen LogP contribution in [0.15, 0.2) is 29.1 Å². The van der Waals surface area contributed by atoms with Crippen molar-refractivity contribution in [3.05, 3.63) is 59.5 Å². The van der Waals surface area contributed by atoms with Crippen molar-refractivity contribution in [1.29, 1.82) is 0 Å². The number of aryl methyl sites for hydroxylation is 2. The zero-order chi connectivity index (χ0) is 15.4. The molecule has 0 radical (unpaired) electrons. The number of nitrogens with zero attached hydrogens (tertiary/aromatic N) is 2. The zero-order valence-corrected chi connectivity index (χ0v) is 14.3. The molecule has 0 saturated heterocycles. The van der Waals surface area contributed by atoms with Gasteiger partial charge in [-0.25, -0.2) is 9.38 Å². The minimum absolute atomic E-state index is 0.0183. The lowest BCUT2D eigenvalue weighted by Gasteiger charge is -1.98. The van der Waals surface area contributed by atoms with Crippen molar-refractivity contribution in [2.24, 2.45) is 0 Å². The molecule has 0 saturated carbocycles. The third-order valence-electron chi connectivity index (χ3n) is 3.72. The minimum atomic E-state index is -0.0183. The third kappa shape index (κ3) is 2.08. The van der Waals surface area contributed by atoms with Gasteiger partial charge < -0.3 is 0 Å². The predicted octanol–water partition coefficient (Wildman–Crippen LogP) is 3.79. The van der Waals surface area contributed by atoms with Crippen LogP contribution in [0.3, 0.4) is 0 Å². The number of hydrogen-bond donors (Lipinski definition) is 0. The average molecular weight is 347 g/mol. The van der Waals surface area contributed by atoms with Crippen molar-refractivity contribution in [2.45, 2.75) is 13.8 Å². The van der Waals surface area contributed by atoms with E-state index in [1.54, 1.807) is 4.40 Å². The highest BCUT2D eigenvalue weighted by Crippen LogP contribution is 2.23. The van der Waals surface area contributed by atoms with E-state index in [0.29, 0.717) is 4.53 Å². The lowest BCUT2D eigenvalue weighted by Crippen LogP contribution is -2.22. The van der Waals surface area contributed by atoms with Gasteiger partial charge in [0.25, 0.3) is 5.56 Å². The number of halogens is 1. The normalized spacial score (nSPS) is 12.8. The van der Waals surface area contributed by atoms with Crippen LogP contribution in [0, 0.1) is 13.8 Å². The Kier molecular flexibility index (Phi) is 3.11.